The van der Waals surface area contributed by atoms with Crippen LogP contribution in [0.2, 0.25) is 0 Å². The van der Waals surface area contributed by atoms with E-state index >= 15 is 0 Å². The van der Waals surface area contributed by atoms with Crippen molar-refractivity contribution in [3.63, 3.8) is 0 Å². The molecule has 2 rings (SSSR count). The molecule has 2 heterocycles. The van der Waals surface area contributed by atoms with Crippen LogP contribution in [0.1, 0.15) is 18.5 Å². The molecule has 0 radical (unpaired) electrons. The van der Waals surface area contributed by atoms with E-state index in [4.69, 9.17) is 4.74 Å². The zero-order valence-corrected chi connectivity index (χ0v) is 9.27. The number of nitrogens with one attached hydrogen (secondary N) is 2. The van der Waals surface area contributed by atoms with Gasteiger partial charge in [-0.2, -0.15) is 5.10 Å². The lowest BCUT2D eigenvalue weighted by atomic mass is 10.2. The molecule has 5 heteroatoms. The lowest BCUT2D eigenvalue weighted by Crippen LogP contribution is -2.06. The van der Waals surface area contributed by atoms with Crippen molar-refractivity contribution in [2.45, 2.75) is 13.0 Å². The third-order valence-electron chi connectivity index (χ3n) is 2.36. The van der Waals surface area contributed by atoms with Crippen molar-refractivity contribution in [3.8, 4) is 5.75 Å². The quantitative estimate of drug-likeness (QED) is 0.823. The van der Waals surface area contributed by atoms with E-state index < -0.39 is 0 Å². The number of hydrogen-bond donors (Lipinski definition) is 2. The Kier molecular flexibility index (Phi) is 3.05. The van der Waals surface area contributed by atoms with E-state index in [1.54, 1.807) is 19.5 Å². The van der Waals surface area contributed by atoms with Crippen molar-refractivity contribution in [2.24, 2.45) is 0 Å². The standard InChI is InChI=1S/C11H14N4O/c1-8(9-5-13-14-6-9)15-11-4-3-10(16-2)7-12-11/h3-8H,1-2H3,(H,12,15)(H,13,14). The van der Waals surface area contributed by atoms with Gasteiger partial charge in [-0.15, -0.1) is 0 Å². The van der Waals surface area contributed by atoms with Crippen LogP contribution in [-0.2, 0) is 0 Å². The fourth-order valence-electron chi connectivity index (χ4n) is 1.39. The van der Waals surface area contributed by atoms with E-state index in [1.807, 2.05) is 18.3 Å². The Hall–Kier alpha value is -2.04. The van der Waals surface area contributed by atoms with Crippen LogP contribution in [-0.4, -0.2) is 22.3 Å². The smallest absolute Gasteiger partial charge is 0.137 e. The lowest BCUT2D eigenvalue weighted by Gasteiger charge is -2.12. The van der Waals surface area contributed by atoms with Gasteiger partial charge < -0.3 is 10.1 Å². The number of ether oxygens (including phenoxy) is 1. The molecule has 0 spiro atoms. The highest BCUT2D eigenvalue weighted by atomic mass is 16.5. The molecule has 84 valence electrons. The summed E-state index contributed by atoms with van der Waals surface area (Å²) < 4.78 is 5.04. The Labute approximate surface area is 93.9 Å². The first kappa shape index (κ1) is 10.5. The van der Waals surface area contributed by atoms with E-state index in [2.05, 4.69) is 27.4 Å². The summed E-state index contributed by atoms with van der Waals surface area (Å²) in [5.41, 5.74) is 1.10. The number of H-pyrrole nitrogens is 1. The average molecular weight is 218 g/mol. The van der Waals surface area contributed by atoms with Crippen LogP contribution in [0.5, 0.6) is 5.75 Å². The second-order valence-electron chi connectivity index (χ2n) is 3.48. The number of hydrogen-bond acceptors (Lipinski definition) is 4. The lowest BCUT2D eigenvalue weighted by molar-refractivity contribution is 0.413. The third-order valence-corrected chi connectivity index (χ3v) is 2.36. The summed E-state index contributed by atoms with van der Waals surface area (Å²) >= 11 is 0. The molecule has 1 unspecified atom stereocenters. The van der Waals surface area contributed by atoms with Gasteiger partial charge in [0.05, 0.1) is 25.5 Å². The van der Waals surface area contributed by atoms with Crippen molar-refractivity contribution < 1.29 is 4.74 Å². The molecular weight excluding hydrogens is 204 g/mol. The number of aromatic amines is 1. The summed E-state index contributed by atoms with van der Waals surface area (Å²) in [7, 11) is 1.62. The highest BCUT2D eigenvalue weighted by molar-refractivity contribution is 5.39. The van der Waals surface area contributed by atoms with Gasteiger partial charge in [-0.25, -0.2) is 4.98 Å². The number of rotatable bonds is 4. The Balaban J connectivity index is 2.03. The average Bonchev–Trinajstić information content (AvgIpc) is 2.83. The molecular formula is C11H14N4O. The van der Waals surface area contributed by atoms with Crippen LogP contribution in [0, 0.1) is 0 Å². The maximum absolute atomic E-state index is 5.04. The second-order valence-corrected chi connectivity index (χ2v) is 3.48. The molecule has 16 heavy (non-hydrogen) atoms. The Bertz CT molecular complexity index is 424. The van der Waals surface area contributed by atoms with Gasteiger partial charge in [0, 0.05) is 11.8 Å². The maximum atomic E-state index is 5.04. The summed E-state index contributed by atoms with van der Waals surface area (Å²) in [4.78, 5) is 4.23. The molecule has 0 aliphatic carbocycles. The molecule has 5 nitrogen and oxygen atoms in total. The van der Waals surface area contributed by atoms with Crippen molar-refractivity contribution in [3.05, 3.63) is 36.3 Å². The molecule has 0 saturated carbocycles. The number of pyridine rings is 1. The number of aromatic nitrogens is 3. The second kappa shape index (κ2) is 4.65. The van der Waals surface area contributed by atoms with Gasteiger partial charge in [0.1, 0.15) is 11.6 Å². The van der Waals surface area contributed by atoms with Crippen LogP contribution < -0.4 is 10.1 Å². The van der Waals surface area contributed by atoms with Gasteiger partial charge in [0.15, 0.2) is 0 Å². The van der Waals surface area contributed by atoms with Gasteiger partial charge in [-0.1, -0.05) is 0 Å². The predicted molar refractivity (Wildman–Crippen MR) is 61.4 cm³/mol. The van der Waals surface area contributed by atoms with Crippen LogP contribution in [0.4, 0.5) is 5.82 Å². The number of nitrogens with zero attached hydrogens (tertiary/aromatic N) is 2. The maximum Gasteiger partial charge on any atom is 0.137 e. The Morgan fingerprint density at radius 2 is 2.25 bits per heavy atom. The largest absolute Gasteiger partial charge is 0.495 e. The minimum absolute atomic E-state index is 0.166. The minimum Gasteiger partial charge on any atom is -0.495 e. The molecule has 1 atom stereocenters. The summed E-state index contributed by atoms with van der Waals surface area (Å²) in [5.74, 6) is 1.57. The van der Waals surface area contributed by atoms with Crippen LogP contribution in [0.3, 0.4) is 0 Å². The molecule has 0 aliphatic heterocycles. The first-order chi connectivity index (χ1) is 7.79. The van der Waals surface area contributed by atoms with E-state index in [1.165, 1.54) is 0 Å². The SMILES string of the molecule is COc1ccc(NC(C)c2cn[nH]c2)nc1. The zero-order valence-electron chi connectivity index (χ0n) is 9.27. The highest BCUT2D eigenvalue weighted by Gasteiger charge is 2.06. The molecule has 2 N–H and O–H groups in total. The summed E-state index contributed by atoms with van der Waals surface area (Å²) in [5, 5.41) is 9.96. The van der Waals surface area contributed by atoms with Gasteiger partial charge in [0.25, 0.3) is 0 Å². The van der Waals surface area contributed by atoms with Gasteiger partial charge in [-0.3, -0.25) is 5.10 Å². The monoisotopic (exact) mass is 218 g/mol. The Morgan fingerprint density at radius 3 is 2.81 bits per heavy atom. The molecule has 2 aromatic heterocycles. The molecule has 0 aliphatic rings. The third kappa shape index (κ3) is 2.31. The topological polar surface area (TPSA) is 62.8 Å². The number of anilines is 1. The van der Waals surface area contributed by atoms with Crippen LogP contribution >= 0.6 is 0 Å². The summed E-state index contributed by atoms with van der Waals surface area (Å²) in [6.45, 7) is 2.05. The molecule has 0 aromatic carbocycles. The first-order valence-corrected chi connectivity index (χ1v) is 5.05. The number of methoxy groups -OCH3 is 1. The predicted octanol–water partition coefficient (Wildman–Crippen LogP) is 1.99. The molecule has 2 aromatic rings. The van der Waals surface area contributed by atoms with E-state index in [9.17, 15) is 0 Å². The van der Waals surface area contributed by atoms with Gasteiger partial charge in [-0.05, 0) is 19.1 Å². The van der Waals surface area contributed by atoms with Crippen LogP contribution in [0.25, 0.3) is 0 Å². The molecule has 0 amide bonds. The minimum atomic E-state index is 0.166. The van der Waals surface area contributed by atoms with Crippen molar-refractivity contribution in [1.29, 1.82) is 0 Å². The summed E-state index contributed by atoms with van der Waals surface area (Å²) in [6, 6.07) is 3.92. The fourth-order valence-corrected chi connectivity index (χ4v) is 1.39. The first-order valence-electron chi connectivity index (χ1n) is 5.05. The normalized spacial score (nSPS) is 12.1. The van der Waals surface area contributed by atoms with E-state index in [-0.39, 0.29) is 6.04 Å². The van der Waals surface area contributed by atoms with Crippen molar-refractivity contribution in [2.75, 3.05) is 12.4 Å². The molecule has 0 fully saturated rings. The fraction of sp³-hybridized carbons (Fsp3) is 0.273. The van der Waals surface area contributed by atoms with Crippen molar-refractivity contribution >= 4 is 5.82 Å². The van der Waals surface area contributed by atoms with E-state index in [0.717, 1.165) is 17.1 Å². The van der Waals surface area contributed by atoms with Crippen molar-refractivity contribution in [1.82, 2.24) is 15.2 Å². The van der Waals surface area contributed by atoms with E-state index in [0.29, 0.717) is 0 Å². The molecule has 0 bridgehead atoms. The zero-order chi connectivity index (χ0) is 11.4. The summed E-state index contributed by atoms with van der Waals surface area (Å²) in [6.07, 6.45) is 5.34. The van der Waals surface area contributed by atoms with Crippen LogP contribution in [0.15, 0.2) is 30.7 Å². The Morgan fingerprint density at radius 1 is 1.38 bits per heavy atom. The molecule has 0 saturated heterocycles. The highest BCUT2D eigenvalue weighted by Crippen LogP contribution is 2.17. The van der Waals surface area contributed by atoms with Gasteiger partial charge >= 0.3 is 0 Å². The van der Waals surface area contributed by atoms with Gasteiger partial charge in [0.2, 0.25) is 0 Å².